The van der Waals surface area contributed by atoms with Crippen LogP contribution >= 0.6 is 11.3 Å². The van der Waals surface area contributed by atoms with Gasteiger partial charge in [-0.25, -0.2) is 14.2 Å². The van der Waals surface area contributed by atoms with Crippen LogP contribution in [0.1, 0.15) is 36.3 Å². The number of carbonyl (C=O) groups is 2. The summed E-state index contributed by atoms with van der Waals surface area (Å²) in [4.78, 5) is 27.1. The van der Waals surface area contributed by atoms with Crippen LogP contribution in [0.2, 0.25) is 0 Å². The molecule has 21 heavy (non-hydrogen) atoms. The highest BCUT2D eigenvalue weighted by Gasteiger charge is 2.15. The van der Waals surface area contributed by atoms with E-state index in [0.29, 0.717) is 21.8 Å². The van der Waals surface area contributed by atoms with E-state index in [1.54, 1.807) is 13.8 Å². The van der Waals surface area contributed by atoms with E-state index in [1.807, 2.05) is 0 Å². The number of carboxylic acids is 1. The molecule has 2 aromatic rings. The number of nitrogens with zero attached hydrogens (tertiary/aromatic N) is 1. The maximum Gasteiger partial charge on any atom is 0.347 e. The van der Waals surface area contributed by atoms with Gasteiger partial charge in [-0.05, 0) is 37.6 Å². The Morgan fingerprint density at radius 2 is 2.10 bits per heavy atom. The lowest BCUT2D eigenvalue weighted by molar-refractivity contribution is 0.0701. The number of halogens is 1. The van der Waals surface area contributed by atoms with Crippen molar-refractivity contribution in [2.24, 2.45) is 0 Å². The number of aromatic carboxylic acids is 1. The fourth-order valence-electron chi connectivity index (χ4n) is 1.77. The number of aryl methyl sites for hydroxylation is 2. The predicted molar refractivity (Wildman–Crippen MR) is 76.1 cm³/mol. The van der Waals surface area contributed by atoms with Crippen molar-refractivity contribution in [1.29, 1.82) is 0 Å². The van der Waals surface area contributed by atoms with Crippen molar-refractivity contribution in [3.05, 3.63) is 50.7 Å². The highest BCUT2D eigenvalue weighted by Crippen LogP contribution is 2.18. The average molecular weight is 308 g/mol. The number of amides is 1. The number of rotatable bonds is 4. The molecule has 0 saturated carbocycles. The van der Waals surface area contributed by atoms with Gasteiger partial charge in [0.2, 0.25) is 0 Å². The standard InChI is InChI=1S/C14H13FN2O3S/c1-7-5-9(3-4-10(7)15)13(18)16-6-11-17-8(2)12(21-11)14(19)20/h3-5H,6H2,1-2H3,(H,16,18)(H,19,20). The molecule has 0 aliphatic rings. The van der Waals surface area contributed by atoms with Gasteiger partial charge in [-0.15, -0.1) is 11.3 Å². The first-order valence-electron chi connectivity index (χ1n) is 6.12. The second-order valence-corrected chi connectivity index (χ2v) is 5.56. The minimum atomic E-state index is -1.03. The van der Waals surface area contributed by atoms with Crippen molar-refractivity contribution >= 4 is 23.2 Å². The summed E-state index contributed by atoms with van der Waals surface area (Å²) in [6.45, 7) is 3.32. The predicted octanol–water partition coefficient (Wildman–Crippen LogP) is 2.53. The summed E-state index contributed by atoms with van der Waals surface area (Å²) >= 11 is 1.03. The molecule has 0 saturated heterocycles. The molecule has 0 bridgehead atoms. The normalized spacial score (nSPS) is 10.4. The van der Waals surface area contributed by atoms with E-state index in [0.717, 1.165) is 11.3 Å². The first kappa shape index (κ1) is 15.1. The Balaban J connectivity index is 2.05. The van der Waals surface area contributed by atoms with E-state index in [4.69, 9.17) is 5.11 Å². The minimum Gasteiger partial charge on any atom is -0.477 e. The minimum absolute atomic E-state index is 0.133. The third-order valence-electron chi connectivity index (χ3n) is 2.86. The topological polar surface area (TPSA) is 79.3 Å². The molecule has 0 aliphatic heterocycles. The Morgan fingerprint density at radius 1 is 1.38 bits per heavy atom. The van der Waals surface area contributed by atoms with Crippen LogP contribution < -0.4 is 5.32 Å². The Hall–Kier alpha value is -2.28. The molecule has 0 aliphatic carbocycles. The Labute approximate surface area is 124 Å². The molecule has 110 valence electrons. The lowest BCUT2D eigenvalue weighted by Gasteiger charge is -2.04. The number of benzene rings is 1. The van der Waals surface area contributed by atoms with Crippen LogP contribution in [0.5, 0.6) is 0 Å². The number of hydrogen-bond acceptors (Lipinski definition) is 4. The van der Waals surface area contributed by atoms with E-state index < -0.39 is 5.97 Å². The van der Waals surface area contributed by atoms with E-state index in [9.17, 15) is 14.0 Å². The summed E-state index contributed by atoms with van der Waals surface area (Å²) in [6, 6.07) is 4.09. The van der Waals surface area contributed by atoms with E-state index in [-0.39, 0.29) is 23.1 Å². The highest BCUT2D eigenvalue weighted by molar-refractivity contribution is 7.13. The third-order valence-corrected chi connectivity index (χ3v) is 4.00. The number of carbonyl (C=O) groups excluding carboxylic acids is 1. The molecule has 0 radical (unpaired) electrons. The lowest BCUT2D eigenvalue weighted by atomic mass is 10.1. The molecule has 1 aromatic carbocycles. The SMILES string of the molecule is Cc1cc(C(=O)NCc2nc(C)c(C(=O)O)s2)ccc1F. The van der Waals surface area contributed by atoms with Crippen LogP contribution in [0.4, 0.5) is 4.39 Å². The molecule has 7 heteroatoms. The van der Waals surface area contributed by atoms with Crippen molar-refractivity contribution < 1.29 is 19.1 Å². The van der Waals surface area contributed by atoms with Gasteiger partial charge in [-0.1, -0.05) is 0 Å². The van der Waals surface area contributed by atoms with Crippen LogP contribution in [0.3, 0.4) is 0 Å². The number of carboxylic acid groups (broad SMARTS) is 1. The van der Waals surface area contributed by atoms with Crippen LogP contribution in [0.15, 0.2) is 18.2 Å². The summed E-state index contributed by atoms with van der Waals surface area (Å²) in [5.41, 5.74) is 1.16. The van der Waals surface area contributed by atoms with Gasteiger partial charge in [0.1, 0.15) is 15.7 Å². The van der Waals surface area contributed by atoms with Crippen molar-refractivity contribution in [2.75, 3.05) is 0 Å². The molecule has 1 aromatic heterocycles. The van der Waals surface area contributed by atoms with Crippen LogP contribution in [-0.4, -0.2) is 22.0 Å². The van der Waals surface area contributed by atoms with Gasteiger partial charge < -0.3 is 10.4 Å². The molecule has 0 spiro atoms. The largest absolute Gasteiger partial charge is 0.477 e. The third kappa shape index (κ3) is 3.43. The van der Waals surface area contributed by atoms with E-state index in [1.165, 1.54) is 18.2 Å². The zero-order valence-corrected chi connectivity index (χ0v) is 12.3. The molecular weight excluding hydrogens is 295 g/mol. The molecule has 2 N–H and O–H groups in total. The molecule has 2 rings (SSSR count). The highest BCUT2D eigenvalue weighted by atomic mass is 32.1. The number of hydrogen-bond donors (Lipinski definition) is 2. The maximum atomic E-state index is 13.1. The molecule has 0 atom stereocenters. The zero-order valence-electron chi connectivity index (χ0n) is 11.4. The molecule has 1 amide bonds. The smallest absolute Gasteiger partial charge is 0.347 e. The lowest BCUT2D eigenvalue weighted by Crippen LogP contribution is -2.22. The van der Waals surface area contributed by atoms with Crippen molar-refractivity contribution in [1.82, 2.24) is 10.3 Å². The molecule has 0 fully saturated rings. The number of aromatic nitrogens is 1. The van der Waals surface area contributed by atoms with Gasteiger partial charge in [0.25, 0.3) is 5.91 Å². The number of thiazole rings is 1. The maximum absolute atomic E-state index is 13.1. The number of nitrogens with one attached hydrogen (secondary N) is 1. The first-order valence-corrected chi connectivity index (χ1v) is 6.94. The summed E-state index contributed by atoms with van der Waals surface area (Å²) in [5.74, 6) is -1.76. The van der Waals surface area contributed by atoms with Gasteiger partial charge in [-0.3, -0.25) is 4.79 Å². The van der Waals surface area contributed by atoms with Gasteiger partial charge >= 0.3 is 5.97 Å². The molecule has 0 unspecified atom stereocenters. The van der Waals surface area contributed by atoms with Crippen molar-refractivity contribution in [3.8, 4) is 0 Å². The summed E-state index contributed by atoms with van der Waals surface area (Å²) in [6.07, 6.45) is 0. The molecular formula is C14H13FN2O3S. The summed E-state index contributed by atoms with van der Waals surface area (Å²) in [7, 11) is 0. The van der Waals surface area contributed by atoms with Gasteiger partial charge in [0.05, 0.1) is 12.2 Å². The Morgan fingerprint density at radius 3 is 2.67 bits per heavy atom. The first-order chi connectivity index (χ1) is 9.88. The van der Waals surface area contributed by atoms with Gasteiger partial charge in [-0.2, -0.15) is 0 Å². The van der Waals surface area contributed by atoms with Crippen molar-refractivity contribution in [2.45, 2.75) is 20.4 Å². The van der Waals surface area contributed by atoms with E-state index >= 15 is 0 Å². The van der Waals surface area contributed by atoms with Crippen molar-refractivity contribution in [3.63, 3.8) is 0 Å². The quantitative estimate of drug-likeness (QED) is 0.909. The summed E-state index contributed by atoms with van der Waals surface area (Å²) < 4.78 is 13.1. The summed E-state index contributed by atoms with van der Waals surface area (Å²) in [5, 5.41) is 12.1. The fourth-order valence-corrected chi connectivity index (χ4v) is 2.61. The van der Waals surface area contributed by atoms with Crippen LogP contribution in [0, 0.1) is 19.7 Å². The average Bonchev–Trinajstić information content (AvgIpc) is 2.80. The second kappa shape index (κ2) is 6.01. The van der Waals surface area contributed by atoms with Gasteiger partial charge in [0, 0.05) is 5.56 Å². The Bertz CT molecular complexity index is 712. The van der Waals surface area contributed by atoms with Gasteiger partial charge in [0.15, 0.2) is 0 Å². The van der Waals surface area contributed by atoms with Crippen LogP contribution in [0.25, 0.3) is 0 Å². The monoisotopic (exact) mass is 308 g/mol. The molecule has 1 heterocycles. The molecule has 5 nitrogen and oxygen atoms in total. The fraction of sp³-hybridized carbons (Fsp3) is 0.214. The van der Waals surface area contributed by atoms with E-state index in [2.05, 4.69) is 10.3 Å². The Kier molecular flexibility index (Phi) is 4.32. The van der Waals surface area contributed by atoms with Crippen LogP contribution in [-0.2, 0) is 6.54 Å². The zero-order chi connectivity index (χ0) is 15.6. The second-order valence-electron chi connectivity index (χ2n) is 4.47.